The van der Waals surface area contributed by atoms with Gasteiger partial charge in [-0.15, -0.1) is 0 Å². The number of benzene rings is 1. The zero-order chi connectivity index (χ0) is 19.4. The van der Waals surface area contributed by atoms with E-state index in [9.17, 15) is 9.90 Å². The highest BCUT2D eigenvalue weighted by atomic mass is 16.5. The number of likely N-dealkylation sites (tertiary alicyclic amines) is 1. The molecule has 1 spiro atoms. The number of hydrogen-bond acceptors (Lipinski definition) is 5. The Morgan fingerprint density at radius 3 is 2.79 bits per heavy atom. The van der Waals surface area contributed by atoms with Gasteiger partial charge in [-0.3, -0.25) is 9.69 Å². The largest absolute Gasteiger partial charge is 0.489 e. The summed E-state index contributed by atoms with van der Waals surface area (Å²) in [6.07, 6.45) is 7.19. The zero-order valence-electron chi connectivity index (χ0n) is 16.9. The third-order valence-electron chi connectivity index (χ3n) is 8.71. The minimum atomic E-state index is -0.883. The molecule has 4 aliphatic carbocycles. The molecule has 4 fully saturated rings. The molecule has 5 heteroatoms. The lowest BCUT2D eigenvalue weighted by atomic mass is 9.49. The predicted octanol–water partition coefficient (Wildman–Crippen LogP) is 2.61. The molecule has 29 heavy (non-hydrogen) atoms. The Bertz CT molecular complexity index is 906. The molecule has 1 saturated heterocycles. The molecule has 3 saturated carbocycles. The summed E-state index contributed by atoms with van der Waals surface area (Å²) in [5.41, 5.74) is 0.890. The van der Waals surface area contributed by atoms with E-state index in [-0.39, 0.29) is 11.8 Å². The molecule has 1 aromatic rings. The van der Waals surface area contributed by atoms with Gasteiger partial charge in [-0.2, -0.15) is 0 Å². The lowest BCUT2D eigenvalue weighted by Crippen LogP contribution is -2.76. The number of carbonyl (C=O) groups is 1. The summed E-state index contributed by atoms with van der Waals surface area (Å²) < 4.78 is 12.6. The van der Waals surface area contributed by atoms with E-state index in [1.165, 1.54) is 31.2 Å². The van der Waals surface area contributed by atoms with Crippen molar-refractivity contribution in [3.05, 3.63) is 23.3 Å². The Labute approximate surface area is 171 Å². The van der Waals surface area contributed by atoms with Crippen molar-refractivity contribution in [2.45, 2.75) is 74.5 Å². The van der Waals surface area contributed by atoms with E-state index in [1.54, 1.807) is 0 Å². The van der Waals surface area contributed by atoms with Gasteiger partial charge >= 0.3 is 0 Å². The van der Waals surface area contributed by atoms with Crippen LogP contribution in [0.1, 0.15) is 56.1 Å². The number of rotatable bonds is 5. The molecule has 2 unspecified atom stereocenters. The summed E-state index contributed by atoms with van der Waals surface area (Å²) in [6, 6.07) is 4.31. The number of Topliss-reactive ketones (excluding diaryl/α,β-unsaturated/α-hetero) is 1. The van der Waals surface area contributed by atoms with Crippen molar-refractivity contribution >= 4 is 5.78 Å². The summed E-state index contributed by atoms with van der Waals surface area (Å²) >= 11 is 0. The van der Waals surface area contributed by atoms with E-state index in [2.05, 4.69) is 11.0 Å². The molecule has 0 radical (unpaired) electrons. The van der Waals surface area contributed by atoms with Gasteiger partial charge in [0, 0.05) is 24.6 Å². The molecular weight excluding hydrogens is 366 g/mol. The van der Waals surface area contributed by atoms with Crippen LogP contribution in [0.3, 0.4) is 0 Å². The summed E-state index contributed by atoms with van der Waals surface area (Å²) in [5, 5.41) is 12.2. The molecule has 0 amide bonds. The van der Waals surface area contributed by atoms with Crippen molar-refractivity contribution < 1.29 is 19.4 Å². The van der Waals surface area contributed by atoms with Gasteiger partial charge in [-0.05, 0) is 75.0 Å². The first-order chi connectivity index (χ1) is 14.1. The number of piperidine rings is 1. The lowest BCUT2D eigenvalue weighted by molar-refractivity contribution is -0.188. The topological polar surface area (TPSA) is 59.0 Å². The quantitative estimate of drug-likeness (QED) is 0.831. The van der Waals surface area contributed by atoms with E-state index in [0.29, 0.717) is 18.8 Å². The number of carbonyl (C=O) groups excluding carboxylic acids is 1. The first-order valence-electron chi connectivity index (χ1n) is 11.5. The van der Waals surface area contributed by atoms with Crippen LogP contribution in [-0.2, 0) is 16.6 Å². The van der Waals surface area contributed by atoms with E-state index in [0.717, 1.165) is 55.5 Å². The standard InChI is InChI=1S/C24H29NO4/c26-17-7-8-24(27)19-11-16-5-6-18(28-13-15-3-4-15)21-20(16)23(24,22(17)29-21)9-10-25(19)12-14-1-2-14/h5-6,14-15,19,22,27H,1-4,7-13H2/t19?,22-,23?,24+/m0/s1. The van der Waals surface area contributed by atoms with Gasteiger partial charge in [-0.25, -0.2) is 0 Å². The van der Waals surface area contributed by atoms with E-state index in [4.69, 9.17) is 9.47 Å². The average molecular weight is 395 g/mol. The summed E-state index contributed by atoms with van der Waals surface area (Å²) in [5.74, 6) is 3.14. The molecule has 7 rings (SSSR count). The van der Waals surface area contributed by atoms with Crippen LogP contribution in [0.4, 0.5) is 0 Å². The summed E-state index contributed by atoms with van der Waals surface area (Å²) in [6.45, 7) is 2.76. The predicted molar refractivity (Wildman–Crippen MR) is 106 cm³/mol. The summed E-state index contributed by atoms with van der Waals surface area (Å²) in [7, 11) is 0. The Morgan fingerprint density at radius 2 is 2.00 bits per heavy atom. The molecule has 1 N–H and O–H groups in total. The van der Waals surface area contributed by atoms with Crippen LogP contribution in [-0.4, -0.2) is 53.2 Å². The van der Waals surface area contributed by atoms with Gasteiger partial charge in [0.1, 0.15) is 0 Å². The van der Waals surface area contributed by atoms with Crippen LogP contribution in [0.15, 0.2) is 12.1 Å². The molecule has 4 atom stereocenters. The first-order valence-corrected chi connectivity index (χ1v) is 11.5. The second-order valence-electron chi connectivity index (χ2n) is 10.4. The fourth-order valence-corrected chi connectivity index (χ4v) is 6.86. The zero-order valence-corrected chi connectivity index (χ0v) is 16.9. The van der Waals surface area contributed by atoms with Crippen LogP contribution in [0.2, 0.25) is 0 Å². The normalized spacial score (nSPS) is 39.8. The van der Waals surface area contributed by atoms with E-state index >= 15 is 0 Å². The average Bonchev–Trinajstić information content (AvgIpc) is 3.63. The molecule has 2 heterocycles. The highest BCUT2D eigenvalue weighted by molar-refractivity contribution is 5.90. The van der Waals surface area contributed by atoms with E-state index in [1.807, 2.05) is 6.07 Å². The van der Waals surface area contributed by atoms with Gasteiger partial charge in [-0.1, -0.05) is 6.07 Å². The molecule has 154 valence electrons. The number of aliphatic hydroxyl groups is 1. The molecule has 2 bridgehead atoms. The second-order valence-corrected chi connectivity index (χ2v) is 10.4. The summed E-state index contributed by atoms with van der Waals surface area (Å²) in [4.78, 5) is 15.6. The lowest BCUT2D eigenvalue weighted by Gasteiger charge is -2.62. The highest BCUT2D eigenvalue weighted by Gasteiger charge is 2.73. The van der Waals surface area contributed by atoms with Gasteiger partial charge in [0.2, 0.25) is 0 Å². The third kappa shape index (κ3) is 2.16. The van der Waals surface area contributed by atoms with Crippen molar-refractivity contribution in [3.63, 3.8) is 0 Å². The molecule has 5 nitrogen and oxygen atoms in total. The third-order valence-corrected chi connectivity index (χ3v) is 8.71. The number of hydrogen-bond donors (Lipinski definition) is 1. The Hall–Kier alpha value is -1.59. The number of nitrogens with zero attached hydrogens (tertiary/aromatic N) is 1. The van der Waals surface area contributed by atoms with Gasteiger partial charge in [0.25, 0.3) is 0 Å². The van der Waals surface area contributed by atoms with Gasteiger partial charge in [0.15, 0.2) is 23.4 Å². The smallest absolute Gasteiger partial charge is 0.174 e. The van der Waals surface area contributed by atoms with Crippen LogP contribution in [0, 0.1) is 11.8 Å². The Kier molecular flexibility index (Phi) is 3.28. The molecular formula is C24H29NO4. The van der Waals surface area contributed by atoms with Crippen molar-refractivity contribution in [3.8, 4) is 11.5 Å². The maximum absolute atomic E-state index is 13.0. The SMILES string of the molecule is O=C1CC[C@@]2(O)C3Cc4ccc(OCC5CC5)c5c4C2(CCN3CC2CC2)[C@H]1O5. The second kappa shape index (κ2) is 5.55. The van der Waals surface area contributed by atoms with Crippen LogP contribution < -0.4 is 9.47 Å². The highest BCUT2D eigenvalue weighted by Crippen LogP contribution is 2.65. The molecule has 6 aliphatic rings. The fraction of sp³-hybridized carbons (Fsp3) is 0.708. The van der Waals surface area contributed by atoms with Crippen molar-refractivity contribution in [1.29, 1.82) is 0 Å². The van der Waals surface area contributed by atoms with Crippen LogP contribution >= 0.6 is 0 Å². The maximum Gasteiger partial charge on any atom is 0.174 e. The molecule has 1 aromatic carbocycles. The maximum atomic E-state index is 13.0. The number of ether oxygens (including phenoxy) is 2. The molecule has 2 aliphatic heterocycles. The van der Waals surface area contributed by atoms with Crippen LogP contribution in [0.25, 0.3) is 0 Å². The van der Waals surface area contributed by atoms with Crippen LogP contribution in [0.5, 0.6) is 11.5 Å². The monoisotopic (exact) mass is 395 g/mol. The van der Waals surface area contributed by atoms with Crippen molar-refractivity contribution in [2.24, 2.45) is 11.8 Å². The number of ketones is 1. The fourth-order valence-electron chi connectivity index (χ4n) is 6.86. The minimum absolute atomic E-state index is 0.0905. The minimum Gasteiger partial charge on any atom is -0.489 e. The molecule has 0 aromatic heterocycles. The van der Waals surface area contributed by atoms with E-state index < -0.39 is 17.1 Å². The van der Waals surface area contributed by atoms with Gasteiger partial charge < -0.3 is 14.6 Å². The van der Waals surface area contributed by atoms with Crippen molar-refractivity contribution in [2.75, 3.05) is 19.7 Å². The van der Waals surface area contributed by atoms with Gasteiger partial charge in [0.05, 0.1) is 17.6 Å². The first kappa shape index (κ1) is 17.1. The van der Waals surface area contributed by atoms with Crippen molar-refractivity contribution in [1.82, 2.24) is 4.90 Å². The Morgan fingerprint density at radius 1 is 1.17 bits per heavy atom. The Balaban J connectivity index is 1.37.